The summed E-state index contributed by atoms with van der Waals surface area (Å²) in [5, 5.41) is 3.37. The molecule has 4 nitrogen and oxygen atoms in total. The molecule has 4 heteroatoms. The molecule has 1 saturated heterocycles. The Morgan fingerprint density at radius 1 is 1.29 bits per heavy atom. The number of imidazole rings is 1. The second-order valence-electron chi connectivity index (χ2n) is 4.54. The van der Waals surface area contributed by atoms with Crippen LogP contribution in [0.25, 0.3) is 11.0 Å². The molecule has 88 valence electrons. The highest BCUT2D eigenvalue weighted by molar-refractivity contribution is 5.82. The molecule has 1 aliphatic rings. The fraction of sp³-hybridized carbons (Fsp3) is 0.385. The number of aromatic nitrogens is 2. The molecule has 0 bridgehead atoms. The molecular weight excluding hydrogens is 214 g/mol. The molecule has 1 aromatic carbocycles. The number of fused-ring (bicyclic) bond motifs is 1. The number of H-pyrrole nitrogens is 1. The summed E-state index contributed by atoms with van der Waals surface area (Å²) >= 11 is 0. The number of hydrogen-bond donors (Lipinski definition) is 2. The first-order valence-corrected chi connectivity index (χ1v) is 6.02. The van der Waals surface area contributed by atoms with Gasteiger partial charge >= 0.3 is 0 Å². The van der Waals surface area contributed by atoms with E-state index >= 15 is 0 Å². The average molecular weight is 229 g/mol. The predicted octanol–water partition coefficient (Wildman–Crippen LogP) is 1.84. The minimum atomic E-state index is 0.405. The Balaban J connectivity index is 1.97. The largest absolute Gasteiger partial charge is 0.336 e. The van der Waals surface area contributed by atoms with E-state index in [-0.39, 0.29) is 0 Å². The molecule has 0 saturated carbocycles. The van der Waals surface area contributed by atoms with Crippen LogP contribution in [0.5, 0.6) is 0 Å². The van der Waals surface area contributed by atoms with Gasteiger partial charge in [0.25, 0.3) is 0 Å². The van der Waals surface area contributed by atoms with E-state index in [1.165, 1.54) is 18.4 Å². The molecule has 0 amide bonds. The molecule has 1 fully saturated rings. The van der Waals surface area contributed by atoms with Gasteiger partial charge in [0.05, 0.1) is 11.0 Å². The lowest BCUT2D eigenvalue weighted by Gasteiger charge is -2.22. The van der Waals surface area contributed by atoms with Crippen molar-refractivity contribution in [3.8, 4) is 0 Å². The van der Waals surface area contributed by atoms with Gasteiger partial charge in [0.15, 0.2) is 12.1 Å². The smallest absolute Gasteiger partial charge is 0.185 e. The molecule has 0 spiro atoms. The van der Waals surface area contributed by atoms with E-state index in [9.17, 15) is 4.79 Å². The zero-order valence-electron chi connectivity index (χ0n) is 9.57. The van der Waals surface area contributed by atoms with Crippen LogP contribution < -0.4 is 5.32 Å². The highest BCUT2D eigenvalue weighted by Crippen LogP contribution is 2.27. The Hall–Kier alpha value is -1.68. The number of carbonyl (C=O) groups excluding carboxylic acids is 1. The van der Waals surface area contributed by atoms with Crippen LogP contribution >= 0.6 is 0 Å². The zero-order valence-corrected chi connectivity index (χ0v) is 9.57. The zero-order chi connectivity index (χ0) is 11.7. The summed E-state index contributed by atoms with van der Waals surface area (Å²) in [5.74, 6) is 1.03. The van der Waals surface area contributed by atoms with E-state index in [0.717, 1.165) is 30.4 Å². The summed E-state index contributed by atoms with van der Waals surface area (Å²) in [6.45, 7) is 2.17. The molecule has 0 atom stereocenters. The third-order valence-electron chi connectivity index (χ3n) is 3.45. The fourth-order valence-corrected chi connectivity index (χ4v) is 2.51. The minimum Gasteiger partial charge on any atom is -0.336 e. The summed E-state index contributed by atoms with van der Waals surface area (Å²) < 4.78 is 0. The van der Waals surface area contributed by atoms with E-state index in [0.29, 0.717) is 11.7 Å². The standard InChI is InChI=1S/C13H15N3O/c17-8-13-15-11-2-1-10(7-12(11)16-13)9-3-5-14-6-4-9/h1-2,7-9,14H,3-6H2,(H,15,16). The normalized spacial score (nSPS) is 17.4. The third kappa shape index (κ3) is 1.96. The number of rotatable bonds is 2. The number of carbonyl (C=O) groups is 1. The monoisotopic (exact) mass is 229 g/mol. The maximum atomic E-state index is 10.7. The summed E-state index contributed by atoms with van der Waals surface area (Å²) in [6.07, 6.45) is 3.11. The summed E-state index contributed by atoms with van der Waals surface area (Å²) in [6, 6.07) is 6.27. The van der Waals surface area contributed by atoms with Crippen molar-refractivity contribution in [2.75, 3.05) is 13.1 Å². The van der Waals surface area contributed by atoms with Crippen LogP contribution in [0.15, 0.2) is 18.2 Å². The lowest BCUT2D eigenvalue weighted by Crippen LogP contribution is -2.26. The summed E-state index contributed by atoms with van der Waals surface area (Å²) in [4.78, 5) is 17.9. The number of piperidine rings is 1. The van der Waals surface area contributed by atoms with Crippen molar-refractivity contribution in [2.45, 2.75) is 18.8 Å². The molecule has 1 aromatic heterocycles. The van der Waals surface area contributed by atoms with Gasteiger partial charge in [0, 0.05) is 0 Å². The first kappa shape index (κ1) is 10.5. The Morgan fingerprint density at radius 2 is 2.12 bits per heavy atom. The lowest BCUT2D eigenvalue weighted by atomic mass is 9.90. The van der Waals surface area contributed by atoms with E-state index in [4.69, 9.17) is 0 Å². The number of hydrogen-bond acceptors (Lipinski definition) is 3. The molecule has 0 aliphatic carbocycles. The van der Waals surface area contributed by atoms with Crippen molar-refractivity contribution < 1.29 is 4.79 Å². The number of aromatic amines is 1. The van der Waals surface area contributed by atoms with Crippen molar-refractivity contribution >= 4 is 17.3 Å². The van der Waals surface area contributed by atoms with Gasteiger partial charge < -0.3 is 10.3 Å². The molecule has 1 aliphatic heterocycles. The van der Waals surface area contributed by atoms with E-state index in [1.807, 2.05) is 6.07 Å². The first-order chi connectivity index (χ1) is 8.36. The number of aldehydes is 1. The van der Waals surface area contributed by atoms with Gasteiger partial charge in [-0.2, -0.15) is 0 Å². The van der Waals surface area contributed by atoms with Crippen LogP contribution in [-0.2, 0) is 0 Å². The fourth-order valence-electron chi connectivity index (χ4n) is 2.51. The maximum absolute atomic E-state index is 10.7. The summed E-state index contributed by atoms with van der Waals surface area (Å²) in [5.41, 5.74) is 3.16. The maximum Gasteiger partial charge on any atom is 0.185 e. The number of nitrogens with one attached hydrogen (secondary N) is 2. The topological polar surface area (TPSA) is 57.8 Å². The summed E-state index contributed by atoms with van der Waals surface area (Å²) in [7, 11) is 0. The van der Waals surface area contributed by atoms with Crippen LogP contribution in [0, 0.1) is 0 Å². The molecule has 2 aromatic rings. The first-order valence-electron chi connectivity index (χ1n) is 6.02. The van der Waals surface area contributed by atoms with Gasteiger partial charge in [0.1, 0.15) is 0 Å². The predicted molar refractivity (Wildman–Crippen MR) is 66.3 cm³/mol. The van der Waals surface area contributed by atoms with Crippen molar-refractivity contribution in [2.24, 2.45) is 0 Å². The van der Waals surface area contributed by atoms with E-state index in [1.54, 1.807) is 0 Å². The van der Waals surface area contributed by atoms with Crippen LogP contribution in [0.2, 0.25) is 0 Å². The van der Waals surface area contributed by atoms with Gasteiger partial charge in [-0.25, -0.2) is 4.98 Å². The molecule has 2 N–H and O–H groups in total. The molecule has 2 heterocycles. The molecular formula is C13H15N3O. The Labute approximate surface area is 99.4 Å². The third-order valence-corrected chi connectivity index (χ3v) is 3.45. The Kier molecular flexibility index (Phi) is 2.65. The minimum absolute atomic E-state index is 0.405. The van der Waals surface area contributed by atoms with Crippen molar-refractivity contribution in [3.63, 3.8) is 0 Å². The van der Waals surface area contributed by atoms with E-state index in [2.05, 4.69) is 27.4 Å². The van der Waals surface area contributed by atoms with Gasteiger partial charge in [-0.1, -0.05) is 6.07 Å². The van der Waals surface area contributed by atoms with Crippen LogP contribution in [0.3, 0.4) is 0 Å². The van der Waals surface area contributed by atoms with Crippen LogP contribution in [0.4, 0.5) is 0 Å². The molecule has 17 heavy (non-hydrogen) atoms. The van der Waals surface area contributed by atoms with Crippen molar-refractivity contribution in [1.29, 1.82) is 0 Å². The number of benzene rings is 1. The van der Waals surface area contributed by atoms with Crippen molar-refractivity contribution in [1.82, 2.24) is 15.3 Å². The van der Waals surface area contributed by atoms with Crippen molar-refractivity contribution in [3.05, 3.63) is 29.6 Å². The molecule has 3 rings (SSSR count). The van der Waals surface area contributed by atoms with Gasteiger partial charge in [-0.05, 0) is 49.5 Å². The Morgan fingerprint density at radius 3 is 2.88 bits per heavy atom. The van der Waals surface area contributed by atoms with E-state index < -0.39 is 0 Å². The van der Waals surface area contributed by atoms with Crippen LogP contribution in [-0.4, -0.2) is 29.3 Å². The molecule has 0 radical (unpaired) electrons. The quantitative estimate of drug-likeness (QED) is 0.772. The average Bonchev–Trinajstić information content (AvgIpc) is 2.81. The second-order valence-corrected chi connectivity index (χ2v) is 4.54. The van der Waals surface area contributed by atoms with Gasteiger partial charge in [-0.15, -0.1) is 0 Å². The highest BCUT2D eigenvalue weighted by atomic mass is 16.1. The SMILES string of the molecule is O=Cc1nc2cc(C3CCNCC3)ccc2[nH]1. The second kappa shape index (κ2) is 4.30. The molecule has 0 unspecified atom stereocenters. The lowest BCUT2D eigenvalue weighted by molar-refractivity contribution is 0.111. The highest BCUT2D eigenvalue weighted by Gasteiger charge is 2.15. The Bertz CT molecular complexity index is 541. The van der Waals surface area contributed by atoms with Crippen LogP contribution in [0.1, 0.15) is 34.9 Å². The van der Waals surface area contributed by atoms with Gasteiger partial charge in [0.2, 0.25) is 0 Å². The van der Waals surface area contributed by atoms with Gasteiger partial charge in [-0.3, -0.25) is 4.79 Å². The number of nitrogens with zero attached hydrogens (tertiary/aromatic N) is 1.